The molecule has 0 heterocycles. The quantitative estimate of drug-likeness (QED) is 0.431. The van der Waals surface area contributed by atoms with Gasteiger partial charge in [-0.2, -0.15) is 0 Å². The molecular weight excluding hydrogens is 98.1 g/mol. The first kappa shape index (κ1) is 7.54. The Hall–Kier alpha value is -0.460. The van der Waals surface area contributed by atoms with Crippen molar-refractivity contribution in [1.29, 1.82) is 0 Å². The molecule has 0 aliphatic carbocycles. The molecule has 0 bridgehead atoms. The van der Waals surface area contributed by atoms with Gasteiger partial charge >= 0.3 is 0 Å². The highest BCUT2D eigenvalue weighted by atomic mass is 14.8. The van der Waals surface area contributed by atoms with Crippen molar-refractivity contribution in [2.75, 3.05) is 6.54 Å². The van der Waals surface area contributed by atoms with Gasteiger partial charge < -0.3 is 5.32 Å². The highest BCUT2D eigenvalue weighted by Gasteiger charge is 1.71. The van der Waals surface area contributed by atoms with Gasteiger partial charge in [0.2, 0.25) is 0 Å². The molecule has 0 aromatic rings. The third-order valence-electron chi connectivity index (χ3n) is 0.783. The van der Waals surface area contributed by atoms with Gasteiger partial charge in [0.15, 0.2) is 0 Å². The van der Waals surface area contributed by atoms with Gasteiger partial charge in [0.25, 0.3) is 0 Å². The molecule has 1 N–H and O–H groups in total. The molecular formula is C7H14N. The lowest BCUT2D eigenvalue weighted by Crippen LogP contribution is -2.05. The van der Waals surface area contributed by atoms with Crippen LogP contribution in [0.3, 0.4) is 0 Å². The predicted molar refractivity (Wildman–Crippen MR) is 36.4 cm³/mol. The molecule has 0 aliphatic rings. The Morgan fingerprint density at radius 1 is 1.50 bits per heavy atom. The molecule has 1 radical (unpaired) electrons. The Bertz CT molecular complexity index is 57.4. The monoisotopic (exact) mass is 112 g/mol. The van der Waals surface area contributed by atoms with E-state index in [9.17, 15) is 0 Å². The average Bonchev–Trinajstić information content (AvgIpc) is 1.81. The van der Waals surface area contributed by atoms with E-state index in [0.29, 0.717) is 0 Å². The van der Waals surface area contributed by atoms with Crippen molar-refractivity contribution >= 4 is 0 Å². The van der Waals surface area contributed by atoms with Crippen molar-refractivity contribution in [2.45, 2.75) is 26.7 Å². The van der Waals surface area contributed by atoms with Crippen molar-refractivity contribution in [3.63, 3.8) is 0 Å². The molecule has 1 nitrogen and oxygen atoms in total. The maximum atomic E-state index is 3.03. The van der Waals surface area contributed by atoms with E-state index in [2.05, 4.69) is 25.4 Å². The van der Waals surface area contributed by atoms with Crippen LogP contribution in [-0.2, 0) is 0 Å². The second-order valence-corrected chi connectivity index (χ2v) is 1.68. The first-order chi connectivity index (χ1) is 3.91. The maximum Gasteiger partial charge on any atom is 0.0532 e. The van der Waals surface area contributed by atoms with Crippen LogP contribution in [0.4, 0.5) is 0 Å². The summed E-state index contributed by atoms with van der Waals surface area (Å²) in [5.74, 6) is 0. The smallest absolute Gasteiger partial charge is 0.0532 e. The van der Waals surface area contributed by atoms with E-state index >= 15 is 0 Å². The van der Waals surface area contributed by atoms with E-state index in [1.807, 2.05) is 6.08 Å². The van der Waals surface area contributed by atoms with Crippen LogP contribution in [0, 0.1) is 6.20 Å². The lowest BCUT2D eigenvalue weighted by atomic mass is 10.4. The van der Waals surface area contributed by atoms with Crippen LogP contribution in [0.15, 0.2) is 6.08 Å². The molecule has 0 unspecified atom stereocenters. The molecule has 0 amide bonds. The summed E-state index contributed by atoms with van der Waals surface area (Å²) in [6, 6.07) is 0. The van der Waals surface area contributed by atoms with Crippen LogP contribution in [0.5, 0.6) is 0 Å². The zero-order valence-corrected chi connectivity index (χ0v) is 5.70. The highest BCUT2D eigenvalue weighted by molar-refractivity contribution is 4.68. The minimum atomic E-state index is 1.04. The number of nitrogens with one attached hydrogen (secondary N) is 1. The van der Waals surface area contributed by atoms with E-state index in [1.54, 1.807) is 0 Å². The summed E-state index contributed by atoms with van der Waals surface area (Å²) >= 11 is 0. The van der Waals surface area contributed by atoms with Crippen molar-refractivity contribution in [3.8, 4) is 0 Å². The number of rotatable bonds is 4. The van der Waals surface area contributed by atoms with Gasteiger partial charge in [-0.25, -0.2) is 0 Å². The minimum absolute atomic E-state index is 1.04. The van der Waals surface area contributed by atoms with Crippen LogP contribution >= 0.6 is 0 Å². The van der Waals surface area contributed by atoms with Crippen molar-refractivity contribution in [3.05, 3.63) is 12.3 Å². The third-order valence-corrected chi connectivity index (χ3v) is 0.783. The van der Waals surface area contributed by atoms with Gasteiger partial charge in [0.05, 0.1) is 6.20 Å². The molecule has 0 spiro atoms. The van der Waals surface area contributed by atoms with Crippen molar-refractivity contribution < 1.29 is 0 Å². The molecule has 1 heteroatoms. The molecule has 0 aliphatic heterocycles. The molecule has 0 rings (SSSR count). The van der Waals surface area contributed by atoms with Crippen LogP contribution in [-0.4, -0.2) is 6.54 Å². The molecule has 0 aromatic carbocycles. The van der Waals surface area contributed by atoms with Crippen LogP contribution < -0.4 is 5.32 Å². The van der Waals surface area contributed by atoms with Crippen LogP contribution in [0.1, 0.15) is 26.7 Å². The fourth-order valence-electron chi connectivity index (χ4n) is 0.371. The predicted octanol–water partition coefficient (Wildman–Crippen LogP) is 1.71. The molecule has 47 valence electrons. The SMILES string of the molecule is CC/C=[C]\NCCC. The summed E-state index contributed by atoms with van der Waals surface area (Å²) in [7, 11) is 0. The first-order valence-electron chi connectivity index (χ1n) is 3.21. The van der Waals surface area contributed by atoms with Crippen LogP contribution in [0.2, 0.25) is 0 Å². The second-order valence-electron chi connectivity index (χ2n) is 1.68. The van der Waals surface area contributed by atoms with Crippen LogP contribution in [0.25, 0.3) is 0 Å². The second kappa shape index (κ2) is 6.54. The Morgan fingerprint density at radius 3 is 2.75 bits per heavy atom. The molecule has 0 saturated heterocycles. The van der Waals surface area contributed by atoms with Crippen molar-refractivity contribution in [1.82, 2.24) is 5.32 Å². The summed E-state index contributed by atoms with van der Waals surface area (Å²) in [6.07, 6.45) is 7.19. The van der Waals surface area contributed by atoms with E-state index in [4.69, 9.17) is 0 Å². The maximum absolute atomic E-state index is 3.03. The lowest BCUT2D eigenvalue weighted by Gasteiger charge is -1.91. The number of hydrogen-bond acceptors (Lipinski definition) is 1. The molecule has 0 saturated carbocycles. The first-order valence-corrected chi connectivity index (χ1v) is 3.21. The average molecular weight is 112 g/mol. The molecule has 0 atom stereocenters. The topological polar surface area (TPSA) is 12.0 Å². The third kappa shape index (κ3) is 5.54. The van der Waals surface area contributed by atoms with Gasteiger partial charge in [0, 0.05) is 6.54 Å². The Morgan fingerprint density at radius 2 is 2.25 bits per heavy atom. The number of allylic oxidation sites excluding steroid dienone is 1. The lowest BCUT2D eigenvalue weighted by molar-refractivity contribution is 0.790. The highest BCUT2D eigenvalue weighted by Crippen LogP contribution is 1.74. The zero-order chi connectivity index (χ0) is 6.24. The fourth-order valence-corrected chi connectivity index (χ4v) is 0.371. The summed E-state index contributed by atoms with van der Waals surface area (Å²) < 4.78 is 0. The van der Waals surface area contributed by atoms with Gasteiger partial charge in [-0.1, -0.05) is 19.9 Å². The molecule has 8 heavy (non-hydrogen) atoms. The Labute approximate surface area is 51.8 Å². The van der Waals surface area contributed by atoms with E-state index in [0.717, 1.165) is 13.0 Å². The standard InChI is InChI=1S/C7H14N/c1-3-5-7-8-6-4-2/h5,8H,3-4,6H2,1-2H3. The Kier molecular flexibility index (Phi) is 6.16. The molecule has 0 fully saturated rings. The Balaban J connectivity index is 2.80. The van der Waals surface area contributed by atoms with Gasteiger partial charge in [-0.3, -0.25) is 0 Å². The largest absolute Gasteiger partial charge is 0.384 e. The zero-order valence-electron chi connectivity index (χ0n) is 5.70. The molecule has 0 aromatic heterocycles. The van der Waals surface area contributed by atoms with Gasteiger partial charge in [0.1, 0.15) is 0 Å². The normalized spacial score (nSPS) is 10.2. The van der Waals surface area contributed by atoms with E-state index < -0.39 is 0 Å². The van der Waals surface area contributed by atoms with Gasteiger partial charge in [-0.15, -0.1) is 0 Å². The summed E-state index contributed by atoms with van der Waals surface area (Å²) in [6.45, 7) is 5.28. The fraction of sp³-hybridized carbons (Fsp3) is 0.714. The number of hydrogen-bond donors (Lipinski definition) is 1. The minimum Gasteiger partial charge on any atom is -0.384 e. The summed E-state index contributed by atoms with van der Waals surface area (Å²) in [5, 5.41) is 3.03. The van der Waals surface area contributed by atoms with E-state index in [1.165, 1.54) is 6.42 Å². The summed E-state index contributed by atoms with van der Waals surface area (Å²) in [5.41, 5.74) is 0. The summed E-state index contributed by atoms with van der Waals surface area (Å²) in [4.78, 5) is 0. The van der Waals surface area contributed by atoms with E-state index in [-0.39, 0.29) is 0 Å². The van der Waals surface area contributed by atoms with Gasteiger partial charge in [-0.05, 0) is 12.8 Å². The van der Waals surface area contributed by atoms with Crippen molar-refractivity contribution in [2.24, 2.45) is 0 Å².